The lowest BCUT2D eigenvalue weighted by Crippen LogP contribution is -2.17. The molecular formula is C14H14F3NO3. The van der Waals surface area contributed by atoms with Crippen molar-refractivity contribution in [2.24, 2.45) is 0 Å². The van der Waals surface area contributed by atoms with Gasteiger partial charge in [0, 0.05) is 24.9 Å². The number of carbonyl (C=O) groups is 1. The van der Waals surface area contributed by atoms with Crippen LogP contribution < -0.4 is 0 Å². The fourth-order valence-electron chi connectivity index (χ4n) is 2.04. The van der Waals surface area contributed by atoms with Crippen LogP contribution in [0.2, 0.25) is 0 Å². The first kappa shape index (κ1) is 15.4. The highest BCUT2D eigenvalue weighted by Gasteiger charge is 2.27. The SMILES string of the molecule is O=C(O)c1ccc2ccn(CCCOCC(F)(F)F)c2c1. The Hall–Kier alpha value is -2.02. The molecule has 1 aromatic carbocycles. The van der Waals surface area contributed by atoms with Crippen LogP contribution in [0.15, 0.2) is 30.5 Å². The van der Waals surface area contributed by atoms with Crippen LogP contribution in [0.25, 0.3) is 10.9 Å². The fourth-order valence-corrected chi connectivity index (χ4v) is 2.04. The maximum absolute atomic E-state index is 11.9. The number of carboxylic acid groups (broad SMARTS) is 1. The van der Waals surface area contributed by atoms with E-state index < -0.39 is 18.8 Å². The molecule has 0 saturated heterocycles. The molecule has 0 aliphatic heterocycles. The van der Waals surface area contributed by atoms with Gasteiger partial charge >= 0.3 is 12.1 Å². The summed E-state index contributed by atoms with van der Waals surface area (Å²) in [6.45, 7) is -0.787. The van der Waals surface area contributed by atoms with Crippen molar-refractivity contribution < 1.29 is 27.8 Å². The number of halogens is 3. The number of aromatic carboxylic acids is 1. The summed E-state index contributed by atoms with van der Waals surface area (Å²) in [7, 11) is 0. The Kier molecular flexibility index (Phi) is 4.52. The number of rotatable bonds is 6. The molecule has 0 fully saturated rings. The van der Waals surface area contributed by atoms with Crippen molar-refractivity contribution >= 4 is 16.9 Å². The van der Waals surface area contributed by atoms with Gasteiger partial charge in [-0.1, -0.05) is 6.07 Å². The maximum Gasteiger partial charge on any atom is 0.411 e. The van der Waals surface area contributed by atoms with E-state index in [1.54, 1.807) is 22.9 Å². The Morgan fingerprint density at radius 1 is 1.29 bits per heavy atom. The summed E-state index contributed by atoms with van der Waals surface area (Å²) < 4.78 is 42.0. The van der Waals surface area contributed by atoms with Crippen molar-refractivity contribution in [3.05, 3.63) is 36.0 Å². The van der Waals surface area contributed by atoms with Gasteiger partial charge in [0.15, 0.2) is 0 Å². The van der Waals surface area contributed by atoms with Gasteiger partial charge in [-0.15, -0.1) is 0 Å². The number of hydrogen-bond donors (Lipinski definition) is 1. The summed E-state index contributed by atoms with van der Waals surface area (Å²) in [6.07, 6.45) is -2.12. The summed E-state index contributed by atoms with van der Waals surface area (Å²) in [5, 5.41) is 9.84. The lowest BCUT2D eigenvalue weighted by molar-refractivity contribution is -0.174. The first-order chi connectivity index (χ1) is 9.87. The molecule has 2 rings (SSSR count). The van der Waals surface area contributed by atoms with Crippen LogP contribution in [0.5, 0.6) is 0 Å². The molecule has 0 aliphatic carbocycles. The number of benzene rings is 1. The summed E-state index contributed by atoms with van der Waals surface area (Å²) in [6, 6.07) is 6.60. The number of hydrogen-bond acceptors (Lipinski definition) is 2. The van der Waals surface area contributed by atoms with Crippen molar-refractivity contribution in [3.63, 3.8) is 0 Å². The fraction of sp³-hybridized carbons (Fsp3) is 0.357. The van der Waals surface area contributed by atoms with Gasteiger partial charge in [0.05, 0.1) is 5.56 Å². The third-order valence-corrected chi connectivity index (χ3v) is 2.97. The molecule has 7 heteroatoms. The molecule has 0 amide bonds. The lowest BCUT2D eigenvalue weighted by atomic mass is 10.1. The molecule has 0 unspecified atom stereocenters. The van der Waals surface area contributed by atoms with Crippen molar-refractivity contribution in [1.29, 1.82) is 0 Å². The number of aryl methyl sites for hydroxylation is 1. The van der Waals surface area contributed by atoms with Gasteiger partial charge in [-0.3, -0.25) is 0 Å². The number of alkyl halides is 3. The minimum atomic E-state index is -4.31. The molecule has 0 atom stereocenters. The topological polar surface area (TPSA) is 51.5 Å². The third-order valence-electron chi connectivity index (χ3n) is 2.97. The highest BCUT2D eigenvalue weighted by molar-refractivity contribution is 5.93. The van der Waals surface area contributed by atoms with E-state index in [2.05, 4.69) is 4.74 Å². The van der Waals surface area contributed by atoms with Gasteiger partial charge in [0.2, 0.25) is 0 Å². The van der Waals surface area contributed by atoms with Crippen molar-refractivity contribution in [2.45, 2.75) is 19.1 Å². The number of carboxylic acids is 1. The molecule has 114 valence electrons. The second kappa shape index (κ2) is 6.17. The van der Waals surface area contributed by atoms with Crippen LogP contribution in [0.4, 0.5) is 13.2 Å². The highest BCUT2D eigenvalue weighted by Crippen LogP contribution is 2.18. The molecule has 2 aromatic rings. The first-order valence-corrected chi connectivity index (χ1v) is 6.33. The van der Waals surface area contributed by atoms with Crippen molar-refractivity contribution in [3.8, 4) is 0 Å². The lowest BCUT2D eigenvalue weighted by Gasteiger charge is -2.09. The zero-order valence-corrected chi connectivity index (χ0v) is 11.1. The molecule has 0 radical (unpaired) electrons. The third kappa shape index (κ3) is 4.22. The van der Waals surface area contributed by atoms with E-state index in [4.69, 9.17) is 5.11 Å². The second-order valence-electron chi connectivity index (χ2n) is 4.61. The van der Waals surface area contributed by atoms with Crippen LogP contribution >= 0.6 is 0 Å². The minimum absolute atomic E-state index is 0.00218. The van der Waals surface area contributed by atoms with Crippen LogP contribution in [0.3, 0.4) is 0 Å². The maximum atomic E-state index is 11.9. The van der Waals surface area contributed by atoms with Gasteiger partial charge in [-0.2, -0.15) is 13.2 Å². The first-order valence-electron chi connectivity index (χ1n) is 6.33. The molecule has 1 N–H and O–H groups in total. The quantitative estimate of drug-likeness (QED) is 0.833. The Morgan fingerprint density at radius 2 is 2.05 bits per heavy atom. The molecule has 0 aliphatic rings. The molecule has 0 bridgehead atoms. The van der Waals surface area contributed by atoms with Crippen molar-refractivity contribution in [2.75, 3.05) is 13.2 Å². The summed E-state index contributed by atoms with van der Waals surface area (Å²) in [5.41, 5.74) is 0.918. The number of ether oxygens (including phenoxy) is 1. The Bertz CT molecular complexity index is 634. The Labute approximate surface area is 118 Å². The van der Waals surface area contributed by atoms with E-state index in [-0.39, 0.29) is 12.2 Å². The standard InChI is InChI=1S/C14H14F3NO3/c15-14(16,17)9-21-7-1-5-18-6-4-10-2-3-11(13(19)20)8-12(10)18/h2-4,6,8H,1,5,7,9H2,(H,19,20). The van der Waals surface area contributed by atoms with Crippen LogP contribution in [0.1, 0.15) is 16.8 Å². The Morgan fingerprint density at radius 3 is 2.71 bits per heavy atom. The molecule has 1 heterocycles. The van der Waals surface area contributed by atoms with Gasteiger partial charge in [-0.25, -0.2) is 4.79 Å². The molecule has 21 heavy (non-hydrogen) atoms. The van der Waals surface area contributed by atoms with Gasteiger partial charge in [0.25, 0.3) is 0 Å². The monoisotopic (exact) mass is 301 g/mol. The van der Waals surface area contributed by atoms with E-state index in [1.807, 2.05) is 6.07 Å². The molecule has 0 saturated carbocycles. The smallest absolute Gasteiger partial charge is 0.411 e. The van der Waals surface area contributed by atoms with Crippen LogP contribution in [-0.2, 0) is 11.3 Å². The van der Waals surface area contributed by atoms with E-state index in [0.29, 0.717) is 13.0 Å². The molecular weight excluding hydrogens is 287 g/mol. The summed E-state index contributed by atoms with van der Waals surface area (Å²) >= 11 is 0. The number of aromatic nitrogens is 1. The van der Waals surface area contributed by atoms with E-state index in [1.165, 1.54) is 6.07 Å². The second-order valence-corrected chi connectivity index (χ2v) is 4.61. The van der Waals surface area contributed by atoms with E-state index in [0.717, 1.165) is 10.9 Å². The van der Waals surface area contributed by atoms with E-state index in [9.17, 15) is 18.0 Å². The zero-order valence-electron chi connectivity index (χ0n) is 11.1. The van der Waals surface area contributed by atoms with E-state index >= 15 is 0 Å². The summed E-state index contributed by atoms with van der Waals surface area (Å²) in [5.74, 6) is -1.02. The number of nitrogens with zero attached hydrogens (tertiary/aromatic N) is 1. The largest absolute Gasteiger partial charge is 0.478 e. The predicted octanol–water partition coefficient (Wildman–Crippen LogP) is 3.31. The molecule has 1 aromatic heterocycles. The average molecular weight is 301 g/mol. The van der Waals surface area contributed by atoms with Crippen LogP contribution in [-0.4, -0.2) is 35.0 Å². The molecule has 4 nitrogen and oxygen atoms in total. The average Bonchev–Trinajstić information content (AvgIpc) is 2.79. The normalized spacial score (nSPS) is 12.0. The molecule has 0 spiro atoms. The van der Waals surface area contributed by atoms with Crippen LogP contribution in [0, 0.1) is 0 Å². The zero-order chi connectivity index (χ0) is 15.5. The van der Waals surface area contributed by atoms with Gasteiger partial charge in [-0.05, 0) is 30.0 Å². The Balaban J connectivity index is 1.96. The summed E-state index contributed by atoms with van der Waals surface area (Å²) in [4.78, 5) is 10.9. The van der Waals surface area contributed by atoms with Crippen molar-refractivity contribution in [1.82, 2.24) is 4.57 Å². The minimum Gasteiger partial charge on any atom is -0.478 e. The van der Waals surface area contributed by atoms with Gasteiger partial charge < -0.3 is 14.4 Å². The number of fused-ring (bicyclic) bond motifs is 1. The van der Waals surface area contributed by atoms with Gasteiger partial charge in [0.1, 0.15) is 6.61 Å². The highest BCUT2D eigenvalue weighted by atomic mass is 19.4. The predicted molar refractivity (Wildman–Crippen MR) is 70.4 cm³/mol.